The topological polar surface area (TPSA) is 117 Å². The molecule has 1 atom stereocenters. The van der Waals surface area contributed by atoms with Gasteiger partial charge >= 0.3 is 6.09 Å². The Hall–Kier alpha value is -2.39. The van der Waals surface area contributed by atoms with Gasteiger partial charge in [0.2, 0.25) is 0 Å². The molecule has 0 aromatic heterocycles. The number of nitrogens with one attached hydrogen (secondary N) is 2. The molecule has 11 heteroatoms. The third-order valence-electron chi connectivity index (χ3n) is 6.21. The minimum absolute atomic E-state index is 0.257. The Balaban J connectivity index is 1.50. The minimum atomic E-state index is -1.11. The Morgan fingerprint density at radius 3 is 2.57 bits per heavy atom. The fourth-order valence-electron chi connectivity index (χ4n) is 4.22. The SMILES string of the molecule is COc1cc(N)c(Cl)cc1C(=O)NCC1CCN(CCC(NC(=O)O)c2cccc(Cl)c2Cl)CC1. The molecule has 8 nitrogen and oxygen atoms in total. The van der Waals surface area contributed by atoms with Crippen molar-refractivity contribution in [2.75, 3.05) is 39.0 Å². The van der Waals surface area contributed by atoms with E-state index in [0.29, 0.717) is 63.1 Å². The number of rotatable bonds is 9. The molecule has 0 aliphatic carbocycles. The Kier molecular flexibility index (Phi) is 9.74. The number of hydrogen-bond donors (Lipinski definition) is 4. The zero-order chi connectivity index (χ0) is 25.5. The number of carbonyl (C=O) groups excluding carboxylic acids is 1. The number of nitrogens with two attached hydrogens (primary N) is 1. The molecule has 1 aliphatic rings. The van der Waals surface area contributed by atoms with Crippen LogP contribution in [0.4, 0.5) is 10.5 Å². The van der Waals surface area contributed by atoms with Gasteiger partial charge in [0.05, 0.1) is 39.5 Å². The molecule has 0 radical (unpaired) electrons. The molecule has 1 saturated heterocycles. The van der Waals surface area contributed by atoms with Crippen LogP contribution in [0.5, 0.6) is 5.75 Å². The number of piperidine rings is 1. The van der Waals surface area contributed by atoms with Crippen LogP contribution in [-0.4, -0.2) is 55.3 Å². The summed E-state index contributed by atoms with van der Waals surface area (Å²) in [6, 6.07) is 7.81. The molecule has 5 N–H and O–H groups in total. The van der Waals surface area contributed by atoms with Crippen LogP contribution in [0.1, 0.15) is 41.2 Å². The molecule has 2 aromatic rings. The summed E-state index contributed by atoms with van der Waals surface area (Å²) in [5.41, 5.74) is 7.15. The summed E-state index contributed by atoms with van der Waals surface area (Å²) in [6.45, 7) is 2.94. The number of nitrogen functional groups attached to an aromatic ring is 1. The van der Waals surface area contributed by atoms with Crippen molar-refractivity contribution in [2.24, 2.45) is 5.92 Å². The molecule has 35 heavy (non-hydrogen) atoms. The molecule has 1 aliphatic heterocycles. The number of carboxylic acid groups (broad SMARTS) is 1. The number of halogens is 3. The van der Waals surface area contributed by atoms with Crippen molar-refractivity contribution in [1.29, 1.82) is 0 Å². The maximum Gasteiger partial charge on any atom is 0.405 e. The highest BCUT2D eigenvalue weighted by atomic mass is 35.5. The Bertz CT molecular complexity index is 1060. The zero-order valence-electron chi connectivity index (χ0n) is 19.3. The molecule has 190 valence electrons. The summed E-state index contributed by atoms with van der Waals surface area (Å²) in [5.74, 6) is 0.455. The van der Waals surface area contributed by atoms with Crippen LogP contribution in [0.15, 0.2) is 30.3 Å². The molecule has 0 bridgehead atoms. The summed E-state index contributed by atoms with van der Waals surface area (Å²) in [5, 5.41) is 15.8. The Morgan fingerprint density at radius 1 is 1.20 bits per heavy atom. The second-order valence-electron chi connectivity index (χ2n) is 8.50. The second kappa shape index (κ2) is 12.5. The smallest absolute Gasteiger partial charge is 0.405 e. The van der Waals surface area contributed by atoms with Gasteiger partial charge in [-0.15, -0.1) is 0 Å². The van der Waals surface area contributed by atoms with Crippen LogP contribution in [0.2, 0.25) is 15.1 Å². The van der Waals surface area contributed by atoms with Crippen LogP contribution in [0, 0.1) is 5.92 Å². The van der Waals surface area contributed by atoms with E-state index in [9.17, 15) is 14.7 Å². The number of hydrogen-bond acceptors (Lipinski definition) is 5. The maximum absolute atomic E-state index is 12.7. The first-order valence-corrected chi connectivity index (χ1v) is 12.4. The van der Waals surface area contributed by atoms with Crippen molar-refractivity contribution in [3.8, 4) is 5.75 Å². The van der Waals surface area contributed by atoms with E-state index < -0.39 is 12.1 Å². The highest BCUT2D eigenvalue weighted by molar-refractivity contribution is 6.42. The van der Waals surface area contributed by atoms with Crippen molar-refractivity contribution < 1.29 is 19.4 Å². The lowest BCUT2D eigenvalue weighted by Crippen LogP contribution is -2.40. The lowest BCUT2D eigenvalue weighted by Gasteiger charge is -2.33. The van der Waals surface area contributed by atoms with E-state index >= 15 is 0 Å². The van der Waals surface area contributed by atoms with Gasteiger partial charge in [0, 0.05) is 19.2 Å². The van der Waals surface area contributed by atoms with Crippen LogP contribution in [0.25, 0.3) is 0 Å². The first kappa shape index (κ1) is 27.2. The standard InChI is InChI=1S/C24H29Cl3N4O4/c1-35-21-12-19(28)18(26)11-16(21)23(32)29-13-14-5-8-31(9-6-14)10-7-20(30-24(33)34)15-3-2-4-17(25)22(15)27/h2-4,11-12,14,20,30H,5-10,13,28H2,1H3,(H,29,32)(H,33,34). The third-order valence-corrected chi connectivity index (χ3v) is 7.37. The van der Waals surface area contributed by atoms with Gasteiger partial charge in [0.1, 0.15) is 5.75 Å². The summed E-state index contributed by atoms with van der Waals surface area (Å²) in [4.78, 5) is 26.3. The zero-order valence-corrected chi connectivity index (χ0v) is 21.6. The molecule has 3 rings (SSSR count). The highest BCUT2D eigenvalue weighted by Gasteiger charge is 2.24. The molecule has 1 fully saturated rings. The summed E-state index contributed by atoms with van der Waals surface area (Å²) < 4.78 is 5.26. The van der Waals surface area contributed by atoms with Gasteiger partial charge in [0.25, 0.3) is 5.91 Å². The average Bonchev–Trinajstić information content (AvgIpc) is 2.84. The van der Waals surface area contributed by atoms with E-state index in [1.807, 2.05) is 0 Å². The van der Waals surface area contributed by atoms with Crippen molar-refractivity contribution in [3.05, 3.63) is 56.5 Å². The Labute approximate surface area is 219 Å². The second-order valence-corrected chi connectivity index (χ2v) is 9.70. The van der Waals surface area contributed by atoms with E-state index in [0.717, 1.165) is 25.9 Å². The largest absolute Gasteiger partial charge is 0.496 e. The van der Waals surface area contributed by atoms with Crippen LogP contribution in [0.3, 0.4) is 0 Å². The summed E-state index contributed by atoms with van der Waals surface area (Å²) in [6.07, 6.45) is 1.27. The normalized spacial score (nSPS) is 15.4. The van der Waals surface area contributed by atoms with Gasteiger partial charge < -0.3 is 31.1 Å². The van der Waals surface area contributed by atoms with Gasteiger partial charge in [-0.05, 0) is 56.0 Å². The number of likely N-dealkylation sites (tertiary alicyclic amines) is 1. The first-order valence-electron chi connectivity index (χ1n) is 11.3. The van der Waals surface area contributed by atoms with Gasteiger partial charge in [-0.1, -0.05) is 46.9 Å². The van der Waals surface area contributed by atoms with Crippen LogP contribution < -0.4 is 21.1 Å². The van der Waals surface area contributed by atoms with Crippen molar-refractivity contribution >= 4 is 52.5 Å². The minimum Gasteiger partial charge on any atom is -0.496 e. The number of anilines is 1. The van der Waals surface area contributed by atoms with E-state index in [2.05, 4.69) is 15.5 Å². The molecule has 1 unspecified atom stereocenters. The van der Waals surface area contributed by atoms with Crippen molar-refractivity contribution in [3.63, 3.8) is 0 Å². The maximum atomic E-state index is 12.7. The van der Waals surface area contributed by atoms with E-state index in [1.165, 1.54) is 13.2 Å². The van der Waals surface area contributed by atoms with Gasteiger partial charge in [-0.25, -0.2) is 4.79 Å². The van der Waals surface area contributed by atoms with E-state index in [1.54, 1.807) is 24.3 Å². The van der Waals surface area contributed by atoms with Crippen LogP contribution >= 0.6 is 34.8 Å². The monoisotopic (exact) mass is 542 g/mol. The fraction of sp³-hybridized carbons (Fsp3) is 0.417. The van der Waals surface area contributed by atoms with Gasteiger partial charge in [-0.2, -0.15) is 0 Å². The lowest BCUT2D eigenvalue weighted by atomic mass is 9.95. The fourth-order valence-corrected chi connectivity index (χ4v) is 4.82. The number of amides is 2. The van der Waals surface area contributed by atoms with Gasteiger partial charge in [-0.3, -0.25) is 4.79 Å². The highest BCUT2D eigenvalue weighted by Crippen LogP contribution is 2.32. The quantitative estimate of drug-likeness (QED) is 0.328. The number of ether oxygens (including phenoxy) is 1. The molecule has 2 aromatic carbocycles. The third kappa shape index (κ3) is 7.30. The molecular weight excluding hydrogens is 515 g/mol. The summed E-state index contributed by atoms with van der Waals surface area (Å²) >= 11 is 18.5. The molecule has 1 heterocycles. The molecular formula is C24H29Cl3N4O4. The predicted molar refractivity (Wildman–Crippen MR) is 139 cm³/mol. The number of benzene rings is 2. The summed E-state index contributed by atoms with van der Waals surface area (Å²) in [7, 11) is 1.48. The number of methoxy groups -OCH3 is 1. The van der Waals surface area contributed by atoms with E-state index in [-0.39, 0.29) is 5.91 Å². The molecule has 0 spiro atoms. The number of nitrogens with zero attached hydrogens (tertiary/aromatic N) is 1. The van der Waals surface area contributed by atoms with Crippen LogP contribution in [-0.2, 0) is 0 Å². The predicted octanol–water partition coefficient (Wildman–Crippen LogP) is 5.08. The average molecular weight is 544 g/mol. The Morgan fingerprint density at radius 2 is 1.91 bits per heavy atom. The van der Waals surface area contributed by atoms with Crippen molar-refractivity contribution in [2.45, 2.75) is 25.3 Å². The van der Waals surface area contributed by atoms with Crippen molar-refractivity contribution in [1.82, 2.24) is 15.5 Å². The molecule has 0 saturated carbocycles. The van der Waals surface area contributed by atoms with Gasteiger partial charge in [0.15, 0.2) is 0 Å². The van der Waals surface area contributed by atoms with E-state index in [4.69, 9.17) is 45.3 Å². The lowest BCUT2D eigenvalue weighted by molar-refractivity contribution is 0.0932. The molecule has 2 amide bonds. The first-order chi connectivity index (χ1) is 16.7. The number of carbonyl (C=O) groups is 2.